The van der Waals surface area contributed by atoms with Crippen LogP contribution in [0.2, 0.25) is 0 Å². The number of guanidine groups is 1. The molecule has 6 heteroatoms. The number of imide groups is 1. The summed E-state index contributed by atoms with van der Waals surface area (Å²) in [5.74, 6) is -0.267. The number of carbonyl (C=O) groups is 2. The van der Waals surface area contributed by atoms with Gasteiger partial charge < -0.3 is 11.1 Å². The van der Waals surface area contributed by atoms with Crippen molar-refractivity contribution in [3.63, 3.8) is 0 Å². The molecule has 1 aliphatic carbocycles. The first-order valence-electron chi connectivity index (χ1n) is 8.77. The molecule has 2 amide bonds. The zero-order valence-corrected chi connectivity index (χ0v) is 14.4. The Labute approximate surface area is 151 Å². The first-order chi connectivity index (χ1) is 12.6. The van der Waals surface area contributed by atoms with E-state index in [2.05, 4.69) is 22.4 Å². The Morgan fingerprint density at radius 2 is 1.73 bits per heavy atom. The van der Waals surface area contributed by atoms with Crippen LogP contribution in [0.5, 0.6) is 0 Å². The maximum atomic E-state index is 12.3. The number of amides is 2. The number of aliphatic imine (C=N–C) groups is 1. The smallest absolute Gasteiger partial charge is 0.261 e. The van der Waals surface area contributed by atoms with Gasteiger partial charge in [0, 0.05) is 12.2 Å². The summed E-state index contributed by atoms with van der Waals surface area (Å²) in [6.45, 7) is 0.466. The number of fused-ring (bicyclic) bond motifs is 2. The van der Waals surface area contributed by atoms with Gasteiger partial charge in [0.05, 0.1) is 17.7 Å². The fraction of sp³-hybridized carbons (Fsp3) is 0.250. The Morgan fingerprint density at radius 1 is 1.04 bits per heavy atom. The lowest BCUT2D eigenvalue weighted by Crippen LogP contribution is -2.33. The van der Waals surface area contributed by atoms with Crippen molar-refractivity contribution in [2.45, 2.75) is 19.3 Å². The van der Waals surface area contributed by atoms with Crippen molar-refractivity contribution in [2.75, 3.05) is 18.4 Å². The summed E-state index contributed by atoms with van der Waals surface area (Å²) < 4.78 is 0. The molecule has 2 aromatic carbocycles. The number of carbonyl (C=O) groups excluding carboxylic acids is 2. The first-order valence-corrected chi connectivity index (χ1v) is 8.77. The largest absolute Gasteiger partial charge is 0.370 e. The number of rotatable bonds is 4. The highest BCUT2D eigenvalue weighted by Crippen LogP contribution is 2.25. The zero-order valence-electron chi connectivity index (χ0n) is 14.4. The Kier molecular flexibility index (Phi) is 4.16. The van der Waals surface area contributed by atoms with Crippen LogP contribution in [0.4, 0.5) is 5.69 Å². The molecule has 1 aliphatic heterocycles. The number of nitrogens with two attached hydrogens (primary N) is 1. The summed E-state index contributed by atoms with van der Waals surface area (Å²) in [6.07, 6.45) is 3.43. The molecule has 0 atom stereocenters. The maximum Gasteiger partial charge on any atom is 0.261 e. The third kappa shape index (κ3) is 2.94. The van der Waals surface area contributed by atoms with E-state index in [4.69, 9.17) is 5.73 Å². The number of nitrogens with one attached hydrogen (secondary N) is 1. The van der Waals surface area contributed by atoms with Gasteiger partial charge in [-0.3, -0.25) is 19.5 Å². The summed E-state index contributed by atoms with van der Waals surface area (Å²) in [6, 6.07) is 13.1. The second kappa shape index (κ2) is 6.63. The van der Waals surface area contributed by atoms with E-state index in [1.807, 2.05) is 6.07 Å². The van der Waals surface area contributed by atoms with Gasteiger partial charge in [0.1, 0.15) is 0 Å². The van der Waals surface area contributed by atoms with Gasteiger partial charge in [0.2, 0.25) is 0 Å². The molecular weight excluding hydrogens is 328 g/mol. The Hall–Kier alpha value is -3.15. The van der Waals surface area contributed by atoms with Crippen LogP contribution in [0, 0.1) is 0 Å². The highest BCUT2D eigenvalue weighted by molar-refractivity contribution is 6.21. The molecule has 6 nitrogen and oxygen atoms in total. The monoisotopic (exact) mass is 348 g/mol. The van der Waals surface area contributed by atoms with E-state index in [1.54, 1.807) is 24.3 Å². The zero-order chi connectivity index (χ0) is 18.1. The van der Waals surface area contributed by atoms with Crippen LogP contribution in [0.3, 0.4) is 0 Å². The molecule has 0 spiro atoms. The maximum absolute atomic E-state index is 12.3. The summed E-state index contributed by atoms with van der Waals surface area (Å²) in [4.78, 5) is 30.0. The average molecular weight is 348 g/mol. The Balaban J connectivity index is 1.37. The van der Waals surface area contributed by atoms with Crippen LogP contribution in [-0.2, 0) is 12.8 Å². The minimum Gasteiger partial charge on any atom is -0.370 e. The van der Waals surface area contributed by atoms with Crippen molar-refractivity contribution in [3.8, 4) is 0 Å². The first kappa shape index (κ1) is 16.3. The topological polar surface area (TPSA) is 87.8 Å². The van der Waals surface area contributed by atoms with Crippen LogP contribution in [-0.4, -0.2) is 35.8 Å². The molecule has 0 aromatic heterocycles. The van der Waals surface area contributed by atoms with Crippen molar-refractivity contribution in [2.24, 2.45) is 10.7 Å². The van der Waals surface area contributed by atoms with Crippen molar-refractivity contribution in [3.05, 3.63) is 64.7 Å². The van der Waals surface area contributed by atoms with E-state index in [-0.39, 0.29) is 30.9 Å². The lowest BCUT2D eigenvalue weighted by Gasteiger charge is -2.12. The predicted octanol–water partition coefficient (Wildman–Crippen LogP) is 2.20. The average Bonchev–Trinajstić information content (AvgIpc) is 3.20. The van der Waals surface area contributed by atoms with Gasteiger partial charge in [0.15, 0.2) is 5.96 Å². The molecule has 0 unspecified atom stereocenters. The fourth-order valence-corrected chi connectivity index (χ4v) is 3.55. The molecule has 0 saturated carbocycles. The number of nitrogens with zero attached hydrogens (tertiary/aromatic N) is 2. The SMILES string of the molecule is NC(=NCCN1C(=O)c2ccccc2C1=O)Nc1ccc2c(c1)CCC2. The standard InChI is InChI=1S/C20H20N4O2/c21-20(23-15-9-8-13-4-3-5-14(13)12-15)22-10-11-24-18(25)16-6-1-2-7-17(16)19(24)26/h1-2,6-9,12H,3-5,10-11H2,(H3,21,22,23). The molecule has 132 valence electrons. The molecule has 1 heterocycles. The Bertz CT molecular complexity index is 885. The van der Waals surface area contributed by atoms with Gasteiger partial charge in [-0.2, -0.15) is 0 Å². The van der Waals surface area contributed by atoms with Gasteiger partial charge in [-0.25, -0.2) is 0 Å². The van der Waals surface area contributed by atoms with Crippen LogP contribution in [0.25, 0.3) is 0 Å². The van der Waals surface area contributed by atoms with Crippen molar-refractivity contribution < 1.29 is 9.59 Å². The van der Waals surface area contributed by atoms with E-state index in [0.717, 1.165) is 18.5 Å². The predicted molar refractivity (Wildman–Crippen MR) is 100 cm³/mol. The third-order valence-corrected chi connectivity index (χ3v) is 4.85. The molecule has 4 rings (SSSR count). The van der Waals surface area contributed by atoms with Gasteiger partial charge in [-0.15, -0.1) is 0 Å². The molecule has 26 heavy (non-hydrogen) atoms. The summed E-state index contributed by atoms with van der Waals surface area (Å²) in [5, 5.41) is 3.08. The molecule has 0 bridgehead atoms. The molecule has 0 saturated heterocycles. The van der Waals surface area contributed by atoms with E-state index >= 15 is 0 Å². The summed E-state index contributed by atoms with van der Waals surface area (Å²) >= 11 is 0. The van der Waals surface area contributed by atoms with Crippen LogP contribution < -0.4 is 11.1 Å². The Morgan fingerprint density at radius 3 is 2.46 bits per heavy atom. The van der Waals surface area contributed by atoms with E-state index < -0.39 is 0 Å². The van der Waals surface area contributed by atoms with E-state index in [0.29, 0.717) is 11.1 Å². The number of hydrogen-bond donors (Lipinski definition) is 2. The van der Waals surface area contributed by atoms with E-state index in [1.165, 1.54) is 22.4 Å². The van der Waals surface area contributed by atoms with Gasteiger partial charge >= 0.3 is 0 Å². The second-order valence-corrected chi connectivity index (χ2v) is 6.54. The lowest BCUT2D eigenvalue weighted by molar-refractivity contribution is 0.0659. The molecule has 2 aromatic rings. The second-order valence-electron chi connectivity index (χ2n) is 6.54. The van der Waals surface area contributed by atoms with Gasteiger partial charge in [-0.05, 0) is 54.7 Å². The number of hydrogen-bond acceptors (Lipinski definition) is 3. The van der Waals surface area contributed by atoms with Crippen LogP contribution in [0.15, 0.2) is 47.5 Å². The number of anilines is 1. The molecule has 3 N–H and O–H groups in total. The summed E-state index contributed by atoms with van der Waals surface area (Å²) in [5.41, 5.74) is 10.5. The highest BCUT2D eigenvalue weighted by Gasteiger charge is 2.34. The van der Waals surface area contributed by atoms with Crippen LogP contribution in [0.1, 0.15) is 38.3 Å². The van der Waals surface area contributed by atoms with Crippen molar-refractivity contribution >= 4 is 23.5 Å². The minimum absolute atomic E-state index is 0.207. The molecule has 2 aliphatic rings. The van der Waals surface area contributed by atoms with Gasteiger partial charge in [-0.1, -0.05) is 18.2 Å². The molecule has 0 radical (unpaired) electrons. The molecule has 0 fully saturated rings. The highest BCUT2D eigenvalue weighted by atomic mass is 16.2. The third-order valence-electron chi connectivity index (χ3n) is 4.85. The minimum atomic E-state index is -0.272. The van der Waals surface area contributed by atoms with Crippen molar-refractivity contribution in [1.82, 2.24) is 4.90 Å². The quantitative estimate of drug-likeness (QED) is 0.504. The summed E-state index contributed by atoms with van der Waals surface area (Å²) in [7, 11) is 0. The van der Waals surface area contributed by atoms with E-state index in [9.17, 15) is 9.59 Å². The van der Waals surface area contributed by atoms with Crippen LogP contribution >= 0.6 is 0 Å². The van der Waals surface area contributed by atoms with Gasteiger partial charge in [0.25, 0.3) is 11.8 Å². The lowest BCUT2D eigenvalue weighted by atomic mass is 10.1. The fourth-order valence-electron chi connectivity index (χ4n) is 3.55. The molecular formula is C20H20N4O2. The normalized spacial score (nSPS) is 16.0. The van der Waals surface area contributed by atoms with Crippen molar-refractivity contribution in [1.29, 1.82) is 0 Å². The number of benzene rings is 2. The number of aryl methyl sites for hydroxylation is 2.